The van der Waals surface area contributed by atoms with Gasteiger partial charge in [0.2, 0.25) is 5.13 Å². The number of urea groups is 1. The Morgan fingerprint density at radius 1 is 1.53 bits per heavy atom. The van der Waals surface area contributed by atoms with Crippen molar-refractivity contribution >= 4 is 28.8 Å². The van der Waals surface area contributed by atoms with Crippen molar-refractivity contribution in [2.24, 2.45) is 0 Å². The Morgan fingerprint density at radius 3 is 2.89 bits per heavy atom. The molecule has 0 unspecified atom stereocenters. The van der Waals surface area contributed by atoms with Crippen LogP contribution in [0.1, 0.15) is 43.5 Å². The normalized spacial score (nSPS) is 14.8. The molecule has 104 valence electrons. The maximum absolute atomic E-state index is 11.9. The molecule has 6 nitrogen and oxygen atoms in total. The molecule has 1 heterocycles. The first kappa shape index (κ1) is 13.9. The number of hydrogen-bond donors (Lipinski definition) is 1. The molecule has 2 rings (SSSR count). The molecule has 19 heavy (non-hydrogen) atoms. The number of nitrogens with zero attached hydrogens (tertiary/aromatic N) is 3. The van der Waals surface area contributed by atoms with Gasteiger partial charge in [0.05, 0.1) is 6.54 Å². The van der Waals surface area contributed by atoms with Crippen LogP contribution in [0.4, 0.5) is 9.93 Å². The smallest absolute Gasteiger partial charge is 0.317 e. The van der Waals surface area contributed by atoms with Gasteiger partial charge in [-0.15, -0.1) is 10.2 Å². The fraction of sp³-hybridized carbons (Fsp3) is 0.667. The Labute approximate surface area is 116 Å². The highest BCUT2D eigenvalue weighted by Gasteiger charge is 2.24. The van der Waals surface area contributed by atoms with Crippen molar-refractivity contribution in [3.05, 3.63) is 5.01 Å². The van der Waals surface area contributed by atoms with Crippen LogP contribution < -0.4 is 5.32 Å². The van der Waals surface area contributed by atoms with Gasteiger partial charge < -0.3 is 9.69 Å². The van der Waals surface area contributed by atoms with Crippen LogP contribution in [0, 0.1) is 0 Å². The lowest BCUT2D eigenvalue weighted by Gasteiger charge is -2.21. The molecular weight excluding hydrogens is 264 g/mol. The molecule has 2 amide bonds. The first-order chi connectivity index (χ1) is 9.24. The summed E-state index contributed by atoms with van der Waals surface area (Å²) in [6.07, 6.45) is 5.11. The van der Waals surface area contributed by atoms with Gasteiger partial charge in [0.1, 0.15) is 11.3 Å². The Morgan fingerprint density at radius 2 is 2.32 bits per heavy atom. The molecule has 0 bridgehead atoms. The monoisotopic (exact) mass is 282 g/mol. The van der Waals surface area contributed by atoms with Gasteiger partial charge in [-0.2, -0.15) is 0 Å². The van der Waals surface area contributed by atoms with E-state index in [1.54, 1.807) is 0 Å². The highest BCUT2D eigenvalue weighted by Crippen LogP contribution is 2.38. The van der Waals surface area contributed by atoms with Crippen LogP contribution >= 0.6 is 11.3 Å². The van der Waals surface area contributed by atoms with Gasteiger partial charge in [-0.05, 0) is 19.3 Å². The van der Waals surface area contributed by atoms with Crippen molar-refractivity contribution < 1.29 is 9.59 Å². The molecule has 7 heteroatoms. The van der Waals surface area contributed by atoms with Crippen molar-refractivity contribution in [3.63, 3.8) is 0 Å². The summed E-state index contributed by atoms with van der Waals surface area (Å²) in [6, 6.07) is -0.287. The summed E-state index contributed by atoms with van der Waals surface area (Å²) in [6.45, 7) is 2.62. The van der Waals surface area contributed by atoms with E-state index in [1.807, 2.05) is 6.92 Å². The fourth-order valence-electron chi connectivity index (χ4n) is 1.91. The van der Waals surface area contributed by atoms with E-state index in [1.165, 1.54) is 22.7 Å². The summed E-state index contributed by atoms with van der Waals surface area (Å²) in [5.41, 5.74) is 0. The van der Waals surface area contributed by atoms with Crippen molar-refractivity contribution in [2.45, 2.75) is 38.5 Å². The lowest BCUT2D eigenvalue weighted by Crippen LogP contribution is -2.36. The molecule has 1 aliphatic carbocycles. The second-order valence-corrected chi connectivity index (χ2v) is 5.63. The maximum atomic E-state index is 11.9. The minimum atomic E-state index is -0.287. The molecule has 0 spiro atoms. The quantitative estimate of drug-likeness (QED) is 0.812. The highest BCUT2D eigenvalue weighted by molar-refractivity contribution is 7.15. The standard InChI is InChI=1S/C12H18N4O2S/c1-2-6-16(7-8-17)12(18)13-11-15-14-10(19-11)9-4-3-5-9/h8-9H,2-7H2,1H3,(H,13,15,18). The summed E-state index contributed by atoms with van der Waals surface area (Å²) in [5.74, 6) is 0.518. The topological polar surface area (TPSA) is 75.2 Å². The molecule has 0 saturated heterocycles. The molecule has 0 atom stereocenters. The van der Waals surface area contributed by atoms with Gasteiger partial charge in [0, 0.05) is 12.5 Å². The average molecular weight is 282 g/mol. The van der Waals surface area contributed by atoms with Crippen molar-refractivity contribution in [1.29, 1.82) is 0 Å². The van der Waals surface area contributed by atoms with Crippen LogP contribution in [0.2, 0.25) is 0 Å². The largest absolute Gasteiger partial charge is 0.324 e. The number of carbonyl (C=O) groups excluding carboxylic acids is 2. The fourth-order valence-corrected chi connectivity index (χ4v) is 2.81. The Bertz CT molecular complexity index is 445. The zero-order valence-corrected chi connectivity index (χ0v) is 11.8. The minimum Gasteiger partial charge on any atom is -0.317 e. The molecule has 1 fully saturated rings. The number of amides is 2. The SMILES string of the molecule is CCCN(CC=O)C(=O)Nc1nnc(C2CCC2)s1. The summed E-state index contributed by atoms with van der Waals surface area (Å²) in [7, 11) is 0. The van der Waals surface area contributed by atoms with Crippen LogP contribution in [0.5, 0.6) is 0 Å². The highest BCUT2D eigenvalue weighted by atomic mass is 32.1. The number of carbonyl (C=O) groups is 2. The Kier molecular flexibility index (Phi) is 4.84. The van der Waals surface area contributed by atoms with E-state index in [4.69, 9.17) is 0 Å². The number of nitrogens with one attached hydrogen (secondary N) is 1. The van der Waals surface area contributed by atoms with Crippen LogP contribution in [-0.4, -0.2) is 40.5 Å². The second kappa shape index (κ2) is 6.60. The Balaban J connectivity index is 1.92. The Hall–Kier alpha value is -1.50. The number of aromatic nitrogens is 2. The van der Waals surface area contributed by atoms with Crippen molar-refractivity contribution in [1.82, 2.24) is 15.1 Å². The van der Waals surface area contributed by atoms with Gasteiger partial charge in [0.25, 0.3) is 0 Å². The van der Waals surface area contributed by atoms with Crippen LogP contribution in [0.15, 0.2) is 0 Å². The van der Waals surface area contributed by atoms with E-state index in [0.717, 1.165) is 30.6 Å². The predicted octanol–water partition coefficient (Wildman–Crippen LogP) is 2.25. The van der Waals surface area contributed by atoms with E-state index in [-0.39, 0.29) is 12.6 Å². The first-order valence-corrected chi connectivity index (χ1v) is 7.39. The number of rotatable bonds is 6. The molecule has 0 aliphatic heterocycles. The zero-order chi connectivity index (χ0) is 13.7. The molecular formula is C12H18N4O2S. The van der Waals surface area contributed by atoms with E-state index >= 15 is 0 Å². The van der Waals surface area contributed by atoms with E-state index < -0.39 is 0 Å². The second-order valence-electron chi connectivity index (χ2n) is 4.62. The maximum Gasteiger partial charge on any atom is 0.324 e. The molecule has 1 saturated carbocycles. The number of aldehydes is 1. The molecule has 0 radical (unpaired) electrons. The first-order valence-electron chi connectivity index (χ1n) is 6.57. The molecule has 0 aromatic carbocycles. The summed E-state index contributed by atoms with van der Waals surface area (Å²) < 4.78 is 0. The lowest BCUT2D eigenvalue weighted by molar-refractivity contribution is -0.108. The van der Waals surface area contributed by atoms with Gasteiger partial charge in [-0.25, -0.2) is 4.79 Å². The van der Waals surface area contributed by atoms with Gasteiger partial charge in [-0.3, -0.25) is 5.32 Å². The van der Waals surface area contributed by atoms with Crippen molar-refractivity contribution in [3.8, 4) is 0 Å². The molecule has 1 aliphatic rings. The summed E-state index contributed by atoms with van der Waals surface area (Å²) >= 11 is 1.43. The number of hydrogen-bond acceptors (Lipinski definition) is 5. The van der Waals surface area contributed by atoms with E-state index in [0.29, 0.717) is 17.6 Å². The third-order valence-electron chi connectivity index (χ3n) is 3.18. The molecule has 1 aromatic rings. The predicted molar refractivity (Wildman–Crippen MR) is 73.4 cm³/mol. The molecule has 1 N–H and O–H groups in total. The average Bonchev–Trinajstić information content (AvgIpc) is 2.74. The van der Waals surface area contributed by atoms with Gasteiger partial charge in [0.15, 0.2) is 0 Å². The van der Waals surface area contributed by atoms with Gasteiger partial charge >= 0.3 is 6.03 Å². The van der Waals surface area contributed by atoms with Crippen LogP contribution in [-0.2, 0) is 4.79 Å². The van der Waals surface area contributed by atoms with Crippen molar-refractivity contribution in [2.75, 3.05) is 18.4 Å². The zero-order valence-electron chi connectivity index (χ0n) is 11.0. The number of anilines is 1. The van der Waals surface area contributed by atoms with Crippen LogP contribution in [0.3, 0.4) is 0 Å². The van der Waals surface area contributed by atoms with E-state index in [2.05, 4.69) is 15.5 Å². The third kappa shape index (κ3) is 3.50. The summed E-state index contributed by atoms with van der Waals surface area (Å²) in [5, 5.41) is 12.3. The van der Waals surface area contributed by atoms with Gasteiger partial charge in [-0.1, -0.05) is 24.7 Å². The molecule has 1 aromatic heterocycles. The van der Waals surface area contributed by atoms with Crippen LogP contribution in [0.25, 0.3) is 0 Å². The third-order valence-corrected chi connectivity index (χ3v) is 4.19. The summed E-state index contributed by atoms with van der Waals surface area (Å²) in [4.78, 5) is 24.0. The van der Waals surface area contributed by atoms with E-state index in [9.17, 15) is 9.59 Å². The minimum absolute atomic E-state index is 0.105. The lowest BCUT2D eigenvalue weighted by atomic mass is 9.86.